The lowest BCUT2D eigenvalue weighted by molar-refractivity contribution is -0.131. The van der Waals surface area contributed by atoms with Gasteiger partial charge in [0, 0.05) is 38.3 Å². The zero-order valence-corrected chi connectivity index (χ0v) is 21.9. The Labute approximate surface area is 200 Å². The van der Waals surface area contributed by atoms with Crippen molar-refractivity contribution in [3.63, 3.8) is 0 Å². The first-order valence-electron chi connectivity index (χ1n) is 12.2. The van der Waals surface area contributed by atoms with E-state index >= 15 is 0 Å². The fourth-order valence-corrected chi connectivity index (χ4v) is 4.67. The van der Waals surface area contributed by atoms with E-state index < -0.39 is 0 Å². The maximum absolute atomic E-state index is 13.0. The Balaban J connectivity index is 1.67. The molecular formula is C29H42N2O2. The molecule has 180 valence electrons. The summed E-state index contributed by atoms with van der Waals surface area (Å²) in [5, 5.41) is 10.9. The number of phenolic OH excluding ortho intramolecular Hbond substituents is 1. The first kappa shape index (κ1) is 25.1. The van der Waals surface area contributed by atoms with E-state index in [1.165, 1.54) is 16.8 Å². The van der Waals surface area contributed by atoms with Crippen LogP contribution < -0.4 is 4.90 Å². The Morgan fingerprint density at radius 3 is 1.97 bits per heavy atom. The largest absolute Gasteiger partial charge is 0.507 e. The summed E-state index contributed by atoms with van der Waals surface area (Å²) in [6.07, 6.45) is 1.20. The molecule has 1 heterocycles. The third-order valence-corrected chi connectivity index (χ3v) is 6.96. The second kappa shape index (κ2) is 9.40. The van der Waals surface area contributed by atoms with E-state index in [0.29, 0.717) is 18.6 Å². The van der Waals surface area contributed by atoms with Crippen molar-refractivity contribution >= 4 is 11.6 Å². The van der Waals surface area contributed by atoms with E-state index in [1.807, 2.05) is 4.90 Å². The molecule has 2 aromatic carbocycles. The zero-order chi connectivity index (χ0) is 24.6. The van der Waals surface area contributed by atoms with Crippen LogP contribution in [-0.4, -0.2) is 42.1 Å². The first-order valence-corrected chi connectivity index (χ1v) is 12.2. The van der Waals surface area contributed by atoms with Gasteiger partial charge in [0.15, 0.2) is 0 Å². The number of anilines is 1. The van der Waals surface area contributed by atoms with Crippen molar-refractivity contribution < 1.29 is 9.90 Å². The van der Waals surface area contributed by atoms with Crippen LogP contribution in [0.15, 0.2) is 30.3 Å². The molecule has 0 bridgehead atoms. The fraction of sp³-hybridized carbons (Fsp3) is 0.552. The van der Waals surface area contributed by atoms with E-state index in [2.05, 4.69) is 90.6 Å². The van der Waals surface area contributed by atoms with Crippen molar-refractivity contribution in [3.05, 3.63) is 58.1 Å². The van der Waals surface area contributed by atoms with Crippen LogP contribution in [-0.2, 0) is 22.0 Å². The highest BCUT2D eigenvalue weighted by Gasteiger charge is 2.27. The Morgan fingerprint density at radius 1 is 0.909 bits per heavy atom. The molecule has 0 spiro atoms. The highest BCUT2D eigenvalue weighted by molar-refractivity contribution is 5.77. The maximum Gasteiger partial charge on any atom is 0.223 e. The van der Waals surface area contributed by atoms with E-state index in [-0.39, 0.29) is 16.7 Å². The number of aryl methyl sites for hydroxylation is 2. The van der Waals surface area contributed by atoms with Crippen molar-refractivity contribution in [2.24, 2.45) is 0 Å². The van der Waals surface area contributed by atoms with E-state index in [9.17, 15) is 9.90 Å². The molecule has 1 fully saturated rings. The van der Waals surface area contributed by atoms with Gasteiger partial charge in [-0.3, -0.25) is 4.79 Å². The zero-order valence-electron chi connectivity index (χ0n) is 21.9. The van der Waals surface area contributed by atoms with Crippen LogP contribution in [0.4, 0.5) is 5.69 Å². The van der Waals surface area contributed by atoms with Crippen LogP contribution in [0, 0.1) is 13.8 Å². The minimum atomic E-state index is -0.158. The number of amides is 1. The fourth-order valence-electron chi connectivity index (χ4n) is 4.67. The molecule has 0 atom stereocenters. The maximum atomic E-state index is 13.0. The van der Waals surface area contributed by atoms with Crippen LogP contribution in [0.3, 0.4) is 0 Å². The number of benzene rings is 2. The van der Waals surface area contributed by atoms with E-state index in [0.717, 1.165) is 42.9 Å². The van der Waals surface area contributed by atoms with Gasteiger partial charge in [0.2, 0.25) is 5.91 Å². The Morgan fingerprint density at radius 2 is 1.45 bits per heavy atom. The average Bonchev–Trinajstić information content (AvgIpc) is 2.73. The van der Waals surface area contributed by atoms with Gasteiger partial charge in [-0.25, -0.2) is 0 Å². The van der Waals surface area contributed by atoms with Crippen LogP contribution in [0.5, 0.6) is 5.75 Å². The summed E-state index contributed by atoms with van der Waals surface area (Å²) in [5.74, 6) is 0.617. The topological polar surface area (TPSA) is 43.8 Å². The second-order valence-electron chi connectivity index (χ2n) is 11.6. The summed E-state index contributed by atoms with van der Waals surface area (Å²) in [5.41, 5.74) is 6.65. The number of carbonyl (C=O) groups is 1. The van der Waals surface area contributed by atoms with Gasteiger partial charge in [-0.05, 0) is 65.0 Å². The third-order valence-electron chi connectivity index (χ3n) is 6.96. The number of hydrogen-bond donors (Lipinski definition) is 1. The molecule has 0 radical (unpaired) electrons. The summed E-state index contributed by atoms with van der Waals surface area (Å²) in [6, 6.07) is 10.6. The Bertz CT molecular complexity index is 968. The molecule has 3 rings (SSSR count). The smallest absolute Gasteiger partial charge is 0.223 e. The molecule has 0 aromatic heterocycles. The first-order chi connectivity index (χ1) is 15.3. The quantitative estimate of drug-likeness (QED) is 0.632. The SMILES string of the molecule is Cc1cccc(N2CCN(C(=O)CCc3cc(C(C)(C)C)c(O)c(C(C)(C)C)c3)CC2)c1C. The van der Waals surface area contributed by atoms with Crippen molar-refractivity contribution in [1.82, 2.24) is 4.90 Å². The Kier molecular flexibility index (Phi) is 7.16. The van der Waals surface area contributed by atoms with Crippen molar-refractivity contribution in [3.8, 4) is 5.75 Å². The number of nitrogens with zero attached hydrogens (tertiary/aromatic N) is 2. The van der Waals surface area contributed by atoms with Crippen LogP contribution >= 0.6 is 0 Å². The molecule has 1 N–H and O–H groups in total. The molecular weight excluding hydrogens is 408 g/mol. The molecule has 0 saturated carbocycles. The van der Waals surface area contributed by atoms with Gasteiger partial charge >= 0.3 is 0 Å². The Hall–Kier alpha value is -2.49. The number of hydrogen-bond acceptors (Lipinski definition) is 3. The lowest BCUT2D eigenvalue weighted by atomic mass is 9.78. The second-order valence-corrected chi connectivity index (χ2v) is 11.6. The standard InChI is InChI=1S/C29H42N2O2/c1-20-10-9-11-25(21(20)2)30-14-16-31(17-15-30)26(32)13-12-22-18-23(28(3,4)5)27(33)24(19-22)29(6,7)8/h9-11,18-19,33H,12-17H2,1-8H3. The minimum absolute atomic E-state index is 0.158. The van der Waals surface area contributed by atoms with Gasteiger partial charge in [-0.1, -0.05) is 65.8 Å². The molecule has 4 heteroatoms. The van der Waals surface area contributed by atoms with Crippen LogP contribution in [0.1, 0.15) is 75.8 Å². The third kappa shape index (κ3) is 5.72. The molecule has 33 heavy (non-hydrogen) atoms. The molecule has 0 aliphatic carbocycles. The average molecular weight is 451 g/mol. The van der Waals surface area contributed by atoms with Crippen molar-refractivity contribution in [2.75, 3.05) is 31.1 Å². The van der Waals surface area contributed by atoms with E-state index in [4.69, 9.17) is 0 Å². The van der Waals surface area contributed by atoms with Gasteiger partial charge in [0.1, 0.15) is 5.75 Å². The molecule has 0 unspecified atom stereocenters. The van der Waals surface area contributed by atoms with Gasteiger partial charge in [-0.15, -0.1) is 0 Å². The molecule has 4 nitrogen and oxygen atoms in total. The molecule has 1 amide bonds. The van der Waals surface area contributed by atoms with Gasteiger partial charge in [0.25, 0.3) is 0 Å². The predicted molar refractivity (Wildman–Crippen MR) is 139 cm³/mol. The number of phenols is 1. The number of aromatic hydroxyl groups is 1. The molecule has 1 aliphatic heterocycles. The highest BCUT2D eigenvalue weighted by atomic mass is 16.3. The number of rotatable bonds is 4. The van der Waals surface area contributed by atoms with Crippen LogP contribution in [0.25, 0.3) is 0 Å². The van der Waals surface area contributed by atoms with Gasteiger partial charge in [0.05, 0.1) is 0 Å². The normalized spacial score (nSPS) is 15.2. The summed E-state index contributed by atoms with van der Waals surface area (Å²) in [7, 11) is 0. The van der Waals surface area contributed by atoms with Gasteiger partial charge in [-0.2, -0.15) is 0 Å². The summed E-state index contributed by atoms with van der Waals surface area (Å²) in [4.78, 5) is 17.4. The highest BCUT2D eigenvalue weighted by Crippen LogP contribution is 2.40. The minimum Gasteiger partial charge on any atom is -0.507 e. The summed E-state index contributed by atoms with van der Waals surface area (Å²) >= 11 is 0. The summed E-state index contributed by atoms with van der Waals surface area (Å²) in [6.45, 7) is 20.3. The van der Waals surface area contributed by atoms with Crippen molar-refractivity contribution in [1.29, 1.82) is 0 Å². The molecule has 1 aliphatic rings. The monoisotopic (exact) mass is 450 g/mol. The lowest BCUT2D eigenvalue weighted by Crippen LogP contribution is -2.49. The number of piperazine rings is 1. The van der Waals surface area contributed by atoms with Crippen molar-refractivity contribution in [2.45, 2.75) is 79.1 Å². The summed E-state index contributed by atoms with van der Waals surface area (Å²) < 4.78 is 0. The van der Waals surface area contributed by atoms with Crippen LogP contribution in [0.2, 0.25) is 0 Å². The van der Waals surface area contributed by atoms with E-state index in [1.54, 1.807) is 0 Å². The number of carbonyl (C=O) groups excluding carboxylic acids is 1. The molecule has 1 saturated heterocycles. The molecule has 2 aromatic rings. The lowest BCUT2D eigenvalue weighted by Gasteiger charge is -2.37. The van der Waals surface area contributed by atoms with Gasteiger partial charge < -0.3 is 14.9 Å². The predicted octanol–water partition coefficient (Wildman–Crippen LogP) is 5.89.